The molecule has 0 spiro atoms. The molecule has 1 saturated heterocycles. The van der Waals surface area contributed by atoms with Gasteiger partial charge >= 0.3 is 0 Å². The fraction of sp³-hybridized carbons (Fsp3) is 0.571. The molecule has 2 rings (SSSR count). The monoisotopic (exact) mass is 237 g/mol. The van der Waals surface area contributed by atoms with E-state index in [2.05, 4.69) is 12.2 Å². The molecule has 1 aliphatic rings. The first-order valence-electron chi connectivity index (χ1n) is 6.17. The standard InChI is InChI=1S/C14H20FNO/c1-11-8-13(15)5-4-12(11)9-16-14(2)6-3-7-17-10-14/h4-5,8,16H,3,6-7,9-10H2,1-2H3. The van der Waals surface area contributed by atoms with Gasteiger partial charge in [0.05, 0.1) is 6.61 Å². The Balaban J connectivity index is 1.97. The lowest BCUT2D eigenvalue weighted by molar-refractivity contribution is 0.0277. The molecule has 1 N–H and O–H groups in total. The Hall–Kier alpha value is -0.930. The average Bonchev–Trinajstić information content (AvgIpc) is 2.29. The molecule has 0 aromatic heterocycles. The largest absolute Gasteiger partial charge is 0.380 e. The second kappa shape index (κ2) is 5.15. The third-order valence-electron chi connectivity index (χ3n) is 3.45. The lowest BCUT2D eigenvalue weighted by Crippen LogP contribution is -2.48. The van der Waals surface area contributed by atoms with Crippen LogP contribution in [-0.2, 0) is 11.3 Å². The first-order valence-corrected chi connectivity index (χ1v) is 6.17. The molecule has 1 heterocycles. The van der Waals surface area contributed by atoms with E-state index in [1.807, 2.05) is 13.0 Å². The highest BCUT2D eigenvalue weighted by atomic mass is 19.1. The van der Waals surface area contributed by atoms with Gasteiger partial charge < -0.3 is 10.1 Å². The first kappa shape index (κ1) is 12.5. The maximum atomic E-state index is 13.0. The minimum Gasteiger partial charge on any atom is -0.380 e. The second-order valence-corrected chi connectivity index (χ2v) is 5.14. The minimum atomic E-state index is -0.168. The van der Waals surface area contributed by atoms with Gasteiger partial charge in [-0.05, 0) is 49.9 Å². The molecule has 1 aliphatic heterocycles. The lowest BCUT2D eigenvalue weighted by Gasteiger charge is -2.34. The smallest absolute Gasteiger partial charge is 0.123 e. The van der Waals surface area contributed by atoms with E-state index in [1.54, 1.807) is 6.07 Å². The Kier molecular flexibility index (Phi) is 3.79. The molecular formula is C14H20FNO. The number of hydrogen-bond acceptors (Lipinski definition) is 2. The zero-order chi connectivity index (χ0) is 12.3. The minimum absolute atomic E-state index is 0.0546. The normalized spacial score (nSPS) is 24.9. The van der Waals surface area contributed by atoms with Crippen LogP contribution in [0.2, 0.25) is 0 Å². The predicted octanol–water partition coefficient (Wildman–Crippen LogP) is 2.79. The van der Waals surface area contributed by atoms with Crippen LogP contribution in [0.4, 0.5) is 4.39 Å². The van der Waals surface area contributed by atoms with E-state index in [-0.39, 0.29) is 11.4 Å². The summed E-state index contributed by atoms with van der Waals surface area (Å²) in [6.07, 6.45) is 2.24. The van der Waals surface area contributed by atoms with Crippen molar-refractivity contribution in [2.24, 2.45) is 0 Å². The van der Waals surface area contributed by atoms with Crippen LogP contribution in [0.25, 0.3) is 0 Å². The van der Waals surface area contributed by atoms with Gasteiger partial charge in [0.15, 0.2) is 0 Å². The summed E-state index contributed by atoms with van der Waals surface area (Å²) in [6.45, 7) is 6.52. The van der Waals surface area contributed by atoms with Gasteiger partial charge in [-0.1, -0.05) is 6.07 Å². The molecule has 17 heavy (non-hydrogen) atoms. The molecule has 0 saturated carbocycles. The molecule has 1 atom stereocenters. The zero-order valence-electron chi connectivity index (χ0n) is 10.6. The molecule has 0 amide bonds. The van der Waals surface area contributed by atoms with Crippen molar-refractivity contribution >= 4 is 0 Å². The van der Waals surface area contributed by atoms with Crippen molar-refractivity contribution in [1.29, 1.82) is 0 Å². The SMILES string of the molecule is Cc1cc(F)ccc1CNC1(C)CCCOC1. The summed E-state index contributed by atoms with van der Waals surface area (Å²) in [7, 11) is 0. The van der Waals surface area contributed by atoms with Crippen LogP contribution >= 0.6 is 0 Å². The zero-order valence-corrected chi connectivity index (χ0v) is 10.6. The Morgan fingerprint density at radius 1 is 1.47 bits per heavy atom. The summed E-state index contributed by atoms with van der Waals surface area (Å²) in [5, 5.41) is 3.53. The summed E-state index contributed by atoms with van der Waals surface area (Å²) in [5.41, 5.74) is 2.20. The molecule has 1 aromatic rings. The van der Waals surface area contributed by atoms with Crippen molar-refractivity contribution in [2.75, 3.05) is 13.2 Å². The quantitative estimate of drug-likeness (QED) is 0.872. The first-order chi connectivity index (χ1) is 8.09. The van der Waals surface area contributed by atoms with E-state index in [0.717, 1.165) is 43.7 Å². The Labute approximate surface area is 102 Å². The van der Waals surface area contributed by atoms with Gasteiger partial charge in [-0.3, -0.25) is 0 Å². The molecule has 0 bridgehead atoms. The van der Waals surface area contributed by atoms with E-state index in [4.69, 9.17) is 4.74 Å². The van der Waals surface area contributed by atoms with Crippen LogP contribution in [0, 0.1) is 12.7 Å². The van der Waals surface area contributed by atoms with Gasteiger partial charge in [0, 0.05) is 18.7 Å². The van der Waals surface area contributed by atoms with Crippen molar-refractivity contribution in [1.82, 2.24) is 5.32 Å². The fourth-order valence-electron chi connectivity index (χ4n) is 2.24. The molecule has 1 aromatic carbocycles. The highest BCUT2D eigenvalue weighted by Gasteiger charge is 2.26. The van der Waals surface area contributed by atoms with Crippen molar-refractivity contribution < 1.29 is 9.13 Å². The molecule has 0 aliphatic carbocycles. The van der Waals surface area contributed by atoms with Gasteiger partial charge in [-0.25, -0.2) is 4.39 Å². The third kappa shape index (κ3) is 3.27. The van der Waals surface area contributed by atoms with E-state index in [9.17, 15) is 4.39 Å². The van der Waals surface area contributed by atoms with Crippen LogP contribution in [0.5, 0.6) is 0 Å². The Morgan fingerprint density at radius 3 is 2.94 bits per heavy atom. The molecule has 1 fully saturated rings. The molecule has 94 valence electrons. The maximum Gasteiger partial charge on any atom is 0.123 e. The summed E-state index contributed by atoms with van der Waals surface area (Å²) >= 11 is 0. The number of aryl methyl sites for hydroxylation is 1. The Bertz CT molecular complexity index is 386. The van der Waals surface area contributed by atoms with Crippen molar-refractivity contribution in [3.8, 4) is 0 Å². The van der Waals surface area contributed by atoms with Crippen molar-refractivity contribution in [3.63, 3.8) is 0 Å². The summed E-state index contributed by atoms with van der Waals surface area (Å²) in [4.78, 5) is 0. The van der Waals surface area contributed by atoms with E-state index in [1.165, 1.54) is 6.07 Å². The molecule has 3 heteroatoms. The predicted molar refractivity (Wildman–Crippen MR) is 66.4 cm³/mol. The number of hydrogen-bond donors (Lipinski definition) is 1. The highest BCUT2D eigenvalue weighted by Crippen LogP contribution is 2.19. The van der Waals surface area contributed by atoms with E-state index in [0.29, 0.717) is 0 Å². The highest BCUT2D eigenvalue weighted by molar-refractivity contribution is 5.26. The summed E-state index contributed by atoms with van der Waals surface area (Å²) in [6, 6.07) is 4.95. The third-order valence-corrected chi connectivity index (χ3v) is 3.45. The molecule has 2 nitrogen and oxygen atoms in total. The Morgan fingerprint density at radius 2 is 2.29 bits per heavy atom. The van der Waals surface area contributed by atoms with Gasteiger partial charge in [0.1, 0.15) is 5.82 Å². The van der Waals surface area contributed by atoms with Crippen LogP contribution < -0.4 is 5.32 Å². The topological polar surface area (TPSA) is 21.3 Å². The molecular weight excluding hydrogens is 217 g/mol. The van der Waals surface area contributed by atoms with Crippen LogP contribution in [0.15, 0.2) is 18.2 Å². The molecule has 1 unspecified atom stereocenters. The van der Waals surface area contributed by atoms with Crippen molar-refractivity contribution in [2.45, 2.75) is 38.8 Å². The van der Waals surface area contributed by atoms with E-state index < -0.39 is 0 Å². The molecule has 0 radical (unpaired) electrons. The second-order valence-electron chi connectivity index (χ2n) is 5.14. The van der Waals surface area contributed by atoms with Crippen LogP contribution in [-0.4, -0.2) is 18.8 Å². The van der Waals surface area contributed by atoms with Crippen molar-refractivity contribution in [3.05, 3.63) is 35.1 Å². The van der Waals surface area contributed by atoms with Gasteiger partial charge in [-0.2, -0.15) is 0 Å². The summed E-state index contributed by atoms with van der Waals surface area (Å²) < 4.78 is 18.5. The number of halogens is 1. The number of nitrogens with one attached hydrogen (secondary N) is 1. The lowest BCUT2D eigenvalue weighted by atomic mass is 9.94. The van der Waals surface area contributed by atoms with Crippen LogP contribution in [0.1, 0.15) is 30.9 Å². The fourth-order valence-corrected chi connectivity index (χ4v) is 2.24. The number of ether oxygens (including phenoxy) is 1. The number of rotatable bonds is 3. The average molecular weight is 237 g/mol. The van der Waals surface area contributed by atoms with Crippen LogP contribution in [0.3, 0.4) is 0 Å². The number of benzene rings is 1. The summed E-state index contributed by atoms with van der Waals surface area (Å²) in [5.74, 6) is -0.168. The van der Waals surface area contributed by atoms with Gasteiger partial charge in [0.2, 0.25) is 0 Å². The van der Waals surface area contributed by atoms with Gasteiger partial charge in [-0.15, -0.1) is 0 Å². The van der Waals surface area contributed by atoms with Gasteiger partial charge in [0.25, 0.3) is 0 Å². The maximum absolute atomic E-state index is 13.0. The van der Waals surface area contributed by atoms with E-state index >= 15 is 0 Å².